The number of esters is 1. The number of fused-ring (bicyclic) bond motifs is 1. The van der Waals surface area contributed by atoms with Gasteiger partial charge in [-0.3, -0.25) is 9.78 Å². The van der Waals surface area contributed by atoms with Gasteiger partial charge in [-0.15, -0.1) is 0 Å². The Balaban J connectivity index is 1.83. The molecule has 0 saturated carbocycles. The molecular formula is C24H27N3O5S. The smallest absolute Gasteiger partial charge is 0.339 e. The van der Waals surface area contributed by atoms with Crippen LogP contribution in [-0.4, -0.2) is 31.4 Å². The van der Waals surface area contributed by atoms with E-state index in [-0.39, 0.29) is 4.90 Å². The Morgan fingerprint density at radius 2 is 1.76 bits per heavy atom. The van der Waals surface area contributed by atoms with E-state index in [0.717, 1.165) is 24.1 Å². The van der Waals surface area contributed by atoms with Crippen molar-refractivity contribution in [2.75, 3.05) is 5.32 Å². The molecule has 1 aromatic heterocycles. The number of amides is 1. The van der Waals surface area contributed by atoms with Crippen molar-refractivity contribution in [1.82, 2.24) is 4.98 Å². The maximum Gasteiger partial charge on any atom is 0.339 e. The summed E-state index contributed by atoms with van der Waals surface area (Å²) in [5.41, 5.74) is 3.18. The summed E-state index contributed by atoms with van der Waals surface area (Å²) in [6.07, 6.45) is 1.14. The van der Waals surface area contributed by atoms with Gasteiger partial charge in [0.2, 0.25) is 10.0 Å². The lowest BCUT2D eigenvalue weighted by Gasteiger charge is -2.18. The highest BCUT2D eigenvalue weighted by Gasteiger charge is 2.25. The number of rotatable bonds is 8. The van der Waals surface area contributed by atoms with Gasteiger partial charge in [0.25, 0.3) is 5.91 Å². The molecule has 0 aliphatic heterocycles. The van der Waals surface area contributed by atoms with Crippen LogP contribution >= 0.6 is 0 Å². The summed E-state index contributed by atoms with van der Waals surface area (Å²) in [5, 5.41) is 8.38. The number of nitrogens with one attached hydrogen (secondary N) is 1. The Morgan fingerprint density at radius 3 is 2.36 bits per heavy atom. The monoisotopic (exact) mass is 469 g/mol. The number of carbonyl (C=O) groups is 2. The van der Waals surface area contributed by atoms with Crippen molar-refractivity contribution < 1.29 is 22.7 Å². The summed E-state index contributed by atoms with van der Waals surface area (Å²) in [5.74, 6) is -1.13. The highest BCUT2D eigenvalue weighted by atomic mass is 32.2. The highest BCUT2D eigenvalue weighted by Crippen LogP contribution is 2.26. The van der Waals surface area contributed by atoms with Gasteiger partial charge < -0.3 is 10.1 Å². The van der Waals surface area contributed by atoms with Crippen LogP contribution in [-0.2, 0) is 32.4 Å². The zero-order valence-electron chi connectivity index (χ0n) is 18.8. The molecule has 174 valence electrons. The first-order valence-corrected chi connectivity index (χ1v) is 12.3. The van der Waals surface area contributed by atoms with E-state index in [1.54, 1.807) is 0 Å². The number of aromatic nitrogens is 1. The van der Waals surface area contributed by atoms with E-state index >= 15 is 0 Å². The van der Waals surface area contributed by atoms with E-state index in [0.29, 0.717) is 28.6 Å². The largest absolute Gasteiger partial charge is 0.449 e. The molecule has 0 aliphatic rings. The number of primary sulfonamides is 1. The SMILES string of the molecule is CCCc1nc2ccccc2c(C(=O)O[C@@H](C)C(=O)Nc2ccc(S(N)(=O)=O)cc2)c1CC. The normalized spacial score (nSPS) is 12.4. The van der Waals surface area contributed by atoms with E-state index in [4.69, 9.17) is 14.9 Å². The molecule has 8 nitrogen and oxygen atoms in total. The second kappa shape index (κ2) is 10.1. The Bertz CT molecular complexity index is 1290. The van der Waals surface area contributed by atoms with Crippen molar-refractivity contribution >= 4 is 38.5 Å². The zero-order chi connectivity index (χ0) is 24.2. The standard InChI is InChI=1S/C24H27N3O5S/c1-4-8-20-18(5-2)22(19-9-6-7-10-21(19)27-20)24(29)32-15(3)23(28)26-16-11-13-17(14-12-16)33(25,30)31/h6-7,9-15H,4-5,8H2,1-3H3,(H,26,28)(H2,25,30,31)/t15-/m0/s1. The minimum Gasteiger partial charge on any atom is -0.449 e. The number of benzene rings is 2. The molecule has 3 aromatic rings. The van der Waals surface area contributed by atoms with Gasteiger partial charge in [0.1, 0.15) is 0 Å². The molecule has 0 fully saturated rings. The molecule has 0 radical (unpaired) electrons. The number of nitrogens with zero attached hydrogens (tertiary/aromatic N) is 1. The Labute approximate surface area is 193 Å². The lowest BCUT2D eigenvalue weighted by molar-refractivity contribution is -0.123. The van der Waals surface area contributed by atoms with Gasteiger partial charge in [-0.1, -0.05) is 38.5 Å². The topological polar surface area (TPSA) is 128 Å². The maximum atomic E-state index is 13.2. The number of ether oxygens (including phenoxy) is 1. The fraction of sp³-hybridized carbons (Fsp3) is 0.292. The molecule has 0 aliphatic carbocycles. The molecule has 1 atom stereocenters. The molecule has 1 heterocycles. The van der Waals surface area contributed by atoms with Crippen LogP contribution in [0.15, 0.2) is 53.4 Å². The molecule has 0 spiro atoms. The van der Waals surface area contributed by atoms with Gasteiger partial charge in [0.15, 0.2) is 6.10 Å². The second-order valence-corrected chi connectivity index (χ2v) is 9.20. The third-order valence-corrected chi connectivity index (χ3v) is 6.16. The number of sulfonamides is 1. The molecule has 1 amide bonds. The lowest BCUT2D eigenvalue weighted by Crippen LogP contribution is -2.30. The van der Waals surface area contributed by atoms with Crippen LogP contribution in [0.4, 0.5) is 5.69 Å². The number of aryl methyl sites for hydroxylation is 1. The molecule has 0 bridgehead atoms. The van der Waals surface area contributed by atoms with Crippen LogP contribution in [0.25, 0.3) is 10.9 Å². The molecule has 33 heavy (non-hydrogen) atoms. The van der Waals surface area contributed by atoms with Crippen LogP contribution < -0.4 is 10.5 Å². The van der Waals surface area contributed by atoms with Crippen molar-refractivity contribution in [1.29, 1.82) is 0 Å². The van der Waals surface area contributed by atoms with Gasteiger partial charge in [-0.25, -0.2) is 18.4 Å². The average Bonchev–Trinajstić information content (AvgIpc) is 2.78. The summed E-state index contributed by atoms with van der Waals surface area (Å²) in [4.78, 5) is 30.5. The van der Waals surface area contributed by atoms with Gasteiger partial charge in [-0.2, -0.15) is 0 Å². The van der Waals surface area contributed by atoms with Crippen LogP contribution in [0.3, 0.4) is 0 Å². The summed E-state index contributed by atoms with van der Waals surface area (Å²) in [7, 11) is -3.83. The summed E-state index contributed by atoms with van der Waals surface area (Å²) in [6, 6.07) is 12.8. The van der Waals surface area contributed by atoms with E-state index in [2.05, 4.69) is 12.2 Å². The minimum atomic E-state index is -3.83. The number of anilines is 1. The third-order valence-electron chi connectivity index (χ3n) is 5.23. The average molecular weight is 470 g/mol. The molecule has 3 N–H and O–H groups in total. The van der Waals surface area contributed by atoms with Gasteiger partial charge in [0.05, 0.1) is 16.0 Å². The first-order chi connectivity index (χ1) is 15.7. The number of hydrogen-bond acceptors (Lipinski definition) is 6. The van der Waals surface area contributed by atoms with Gasteiger partial charge in [-0.05, 0) is 55.7 Å². The minimum absolute atomic E-state index is 0.0699. The molecule has 3 rings (SSSR count). The van der Waals surface area contributed by atoms with Crippen molar-refractivity contribution in [3.63, 3.8) is 0 Å². The van der Waals surface area contributed by atoms with Crippen LogP contribution in [0.2, 0.25) is 0 Å². The molecule has 9 heteroatoms. The first-order valence-electron chi connectivity index (χ1n) is 10.7. The van der Waals surface area contributed by atoms with Crippen LogP contribution in [0, 0.1) is 0 Å². The fourth-order valence-electron chi connectivity index (χ4n) is 3.60. The number of para-hydroxylation sites is 1. The number of carbonyl (C=O) groups excluding carboxylic acids is 2. The summed E-state index contributed by atoms with van der Waals surface area (Å²) >= 11 is 0. The van der Waals surface area contributed by atoms with Crippen LogP contribution in [0.5, 0.6) is 0 Å². The third kappa shape index (κ3) is 5.55. The summed E-state index contributed by atoms with van der Waals surface area (Å²) < 4.78 is 28.3. The molecular weight excluding hydrogens is 442 g/mol. The first kappa shape index (κ1) is 24.3. The van der Waals surface area contributed by atoms with E-state index in [1.165, 1.54) is 31.2 Å². The van der Waals surface area contributed by atoms with E-state index < -0.39 is 28.0 Å². The Hall–Kier alpha value is -3.30. The van der Waals surface area contributed by atoms with E-state index in [9.17, 15) is 18.0 Å². The second-order valence-electron chi connectivity index (χ2n) is 7.64. The van der Waals surface area contributed by atoms with Crippen molar-refractivity contribution in [3.8, 4) is 0 Å². The highest BCUT2D eigenvalue weighted by molar-refractivity contribution is 7.89. The Kier molecular flexibility index (Phi) is 7.45. The fourth-order valence-corrected chi connectivity index (χ4v) is 4.12. The quantitative estimate of drug-likeness (QED) is 0.485. The molecule has 2 aromatic carbocycles. The number of nitrogens with two attached hydrogens (primary N) is 1. The number of pyridine rings is 1. The lowest BCUT2D eigenvalue weighted by atomic mass is 9.96. The van der Waals surface area contributed by atoms with Crippen LogP contribution in [0.1, 0.15) is 48.8 Å². The molecule has 0 unspecified atom stereocenters. The van der Waals surface area contributed by atoms with Gasteiger partial charge in [0, 0.05) is 16.8 Å². The van der Waals surface area contributed by atoms with Crippen molar-refractivity contribution in [2.45, 2.75) is 51.0 Å². The maximum absolute atomic E-state index is 13.2. The van der Waals surface area contributed by atoms with Crippen molar-refractivity contribution in [2.24, 2.45) is 5.14 Å². The Morgan fingerprint density at radius 1 is 1.09 bits per heavy atom. The predicted octanol–water partition coefficient (Wildman–Crippen LogP) is 3.58. The predicted molar refractivity (Wildman–Crippen MR) is 126 cm³/mol. The van der Waals surface area contributed by atoms with Gasteiger partial charge >= 0.3 is 5.97 Å². The summed E-state index contributed by atoms with van der Waals surface area (Å²) in [6.45, 7) is 5.49. The number of hydrogen-bond donors (Lipinski definition) is 2. The van der Waals surface area contributed by atoms with E-state index in [1.807, 2.05) is 31.2 Å². The zero-order valence-corrected chi connectivity index (χ0v) is 19.6. The van der Waals surface area contributed by atoms with Crippen molar-refractivity contribution in [3.05, 3.63) is 65.4 Å². The molecule has 0 saturated heterocycles.